The van der Waals surface area contributed by atoms with Crippen LogP contribution in [0.15, 0.2) is 28.7 Å². The second kappa shape index (κ2) is 6.46. The van der Waals surface area contributed by atoms with Gasteiger partial charge < -0.3 is 5.32 Å². The molecule has 0 saturated carbocycles. The molecule has 1 heterocycles. The highest BCUT2D eigenvalue weighted by atomic mass is 79.9. The van der Waals surface area contributed by atoms with Crippen LogP contribution in [-0.4, -0.2) is 7.05 Å². The zero-order chi connectivity index (χ0) is 15.8. The zero-order valence-electron chi connectivity index (χ0n) is 10.6. The van der Waals surface area contributed by atoms with Gasteiger partial charge in [-0.05, 0) is 30.8 Å². The Hall–Kier alpha value is -0.270. The van der Waals surface area contributed by atoms with E-state index < -0.39 is 17.8 Å². The first-order valence-electron chi connectivity index (χ1n) is 5.72. The van der Waals surface area contributed by atoms with Crippen molar-refractivity contribution >= 4 is 50.5 Å². The zero-order valence-corrected chi connectivity index (χ0v) is 14.5. The number of hydrogen-bond donors (Lipinski definition) is 1. The molecule has 0 fully saturated rings. The van der Waals surface area contributed by atoms with Crippen LogP contribution in [0.5, 0.6) is 0 Å². The highest BCUT2D eigenvalue weighted by molar-refractivity contribution is 9.10. The first-order valence-corrected chi connectivity index (χ1v) is 8.09. The maximum absolute atomic E-state index is 13.0. The first-order chi connectivity index (χ1) is 9.74. The van der Waals surface area contributed by atoms with Crippen molar-refractivity contribution in [1.29, 1.82) is 0 Å². The number of rotatable bonds is 3. The highest BCUT2D eigenvalue weighted by Crippen LogP contribution is 2.40. The lowest BCUT2D eigenvalue weighted by Crippen LogP contribution is -2.18. The van der Waals surface area contributed by atoms with Crippen LogP contribution in [0.25, 0.3) is 0 Å². The summed E-state index contributed by atoms with van der Waals surface area (Å²) >= 11 is 16.1. The summed E-state index contributed by atoms with van der Waals surface area (Å²) in [6, 6.07) is 5.29. The maximum atomic E-state index is 13.0. The summed E-state index contributed by atoms with van der Waals surface area (Å²) in [4.78, 5) is 0. The van der Waals surface area contributed by atoms with Crippen LogP contribution in [0.4, 0.5) is 13.2 Å². The summed E-state index contributed by atoms with van der Waals surface area (Å²) in [7, 11) is 1.65. The second-order valence-electron chi connectivity index (χ2n) is 4.24. The van der Waals surface area contributed by atoms with E-state index in [0.29, 0.717) is 19.8 Å². The molecule has 1 atom stereocenters. The highest BCUT2D eigenvalue weighted by Gasteiger charge is 2.34. The molecular formula is C13H9BrCl2F3NS. The van der Waals surface area contributed by atoms with Crippen LogP contribution in [-0.2, 0) is 6.18 Å². The topological polar surface area (TPSA) is 12.0 Å². The Labute approximate surface area is 142 Å². The van der Waals surface area contributed by atoms with Crippen molar-refractivity contribution in [1.82, 2.24) is 5.32 Å². The van der Waals surface area contributed by atoms with Gasteiger partial charge in [0.2, 0.25) is 0 Å². The molecule has 2 aromatic rings. The molecule has 1 nitrogen and oxygen atoms in total. The van der Waals surface area contributed by atoms with Crippen molar-refractivity contribution in [2.45, 2.75) is 12.2 Å². The van der Waals surface area contributed by atoms with Crippen molar-refractivity contribution in [3.05, 3.63) is 54.1 Å². The molecule has 1 aromatic heterocycles. The number of benzene rings is 1. The summed E-state index contributed by atoms with van der Waals surface area (Å²) < 4.78 is 39.9. The predicted molar refractivity (Wildman–Crippen MR) is 84.4 cm³/mol. The molecule has 0 bridgehead atoms. The van der Waals surface area contributed by atoms with Crippen LogP contribution < -0.4 is 5.32 Å². The lowest BCUT2D eigenvalue weighted by atomic mass is 9.99. The summed E-state index contributed by atoms with van der Waals surface area (Å²) in [6.07, 6.45) is -4.43. The number of halogens is 6. The molecule has 21 heavy (non-hydrogen) atoms. The Balaban J connectivity index is 2.51. The van der Waals surface area contributed by atoms with Crippen molar-refractivity contribution in [2.75, 3.05) is 7.05 Å². The monoisotopic (exact) mass is 417 g/mol. The van der Waals surface area contributed by atoms with Crippen molar-refractivity contribution in [2.24, 2.45) is 0 Å². The Morgan fingerprint density at radius 1 is 1.24 bits per heavy atom. The number of thiophene rings is 1. The van der Waals surface area contributed by atoms with Crippen LogP contribution in [0.2, 0.25) is 8.67 Å². The van der Waals surface area contributed by atoms with E-state index in [2.05, 4.69) is 21.2 Å². The molecule has 1 unspecified atom stereocenters. The lowest BCUT2D eigenvalue weighted by Gasteiger charge is -2.18. The molecule has 1 N–H and O–H groups in total. The minimum absolute atomic E-state index is 0.00283. The minimum atomic E-state index is -4.43. The SMILES string of the molecule is CNC(c1ccc(Br)c(C(F)(F)F)c1)c1cc(Cl)sc1Cl. The van der Waals surface area contributed by atoms with Gasteiger partial charge in [-0.3, -0.25) is 0 Å². The van der Waals surface area contributed by atoms with Gasteiger partial charge in [-0.1, -0.05) is 45.2 Å². The lowest BCUT2D eigenvalue weighted by molar-refractivity contribution is -0.138. The molecule has 0 aliphatic carbocycles. The van der Waals surface area contributed by atoms with Crippen molar-refractivity contribution in [3.8, 4) is 0 Å². The van der Waals surface area contributed by atoms with Gasteiger partial charge in [0.1, 0.15) is 0 Å². The van der Waals surface area contributed by atoms with E-state index in [1.54, 1.807) is 19.2 Å². The van der Waals surface area contributed by atoms with Gasteiger partial charge in [-0.2, -0.15) is 13.2 Å². The van der Waals surface area contributed by atoms with Crippen molar-refractivity contribution < 1.29 is 13.2 Å². The van der Waals surface area contributed by atoms with Gasteiger partial charge in [-0.25, -0.2) is 0 Å². The quantitative estimate of drug-likeness (QED) is 0.630. The molecule has 0 spiro atoms. The van der Waals surface area contributed by atoms with Gasteiger partial charge in [0, 0.05) is 10.0 Å². The average Bonchev–Trinajstić information content (AvgIpc) is 2.70. The third-order valence-electron chi connectivity index (χ3n) is 2.91. The molecule has 2 rings (SSSR count). The van der Waals surface area contributed by atoms with Crippen LogP contribution in [0.1, 0.15) is 22.7 Å². The van der Waals surface area contributed by atoms with E-state index in [-0.39, 0.29) is 4.47 Å². The average molecular weight is 419 g/mol. The molecule has 0 aliphatic rings. The van der Waals surface area contributed by atoms with Gasteiger partial charge >= 0.3 is 6.18 Å². The fourth-order valence-corrected chi connectivity index (χ4v) is 3.99. The maximum Gasteiger partial charge on any atom is 0.417 e. The van der Waals surface area contributed by atoms with E-state index >= 15 is 0 Å². The molecule has 8 heteroatoms. The first kappa shape index (κ1) is 17.1. The molecule has 114 valence electrons. The third-order valence-corrected chi connectivity index (χ3v) is 5.12. The Bertz CT molecular complexity index is 657. The van der Waals surface area contributed by atoms with E-state index in [1.165, 1.54) is 17.4 Å². The number of nitrogens with one attached hydrogen (secondary N) is 1. The van der Waals surface area contributed by atoms with E-state index in [9.17, 15) is 13.2 Å². The Morgan fingerprint density at radius 2 is 1.90 bits per heavy atom. The fraction of sp³-hybridized carbons (Fsp3) is 0.231. The molecule has 0 radical (unpaired) electrons. The Morgan fingerprint density at radius 3 is 2.38 bits per heavy atom. The van der Waals surface area contributed by atoms with Crippen LogP contribution in [0.3, 0.4) is 0 Å². The molecule has 0 aliphatic heterocycles. The summed E-state index contributed by atoms with van der Waals surface area (Å²) in [5.74, 6) is 0. The van der Waals surface area contributed by atoms with Gasteiger partial charge in [0.25, 0.3) is 0 Å². The minimum Gasteiger partial charge on any atom is -0.309 e. The normalized spacial score (nSPS) is 13.5. The van der Waals surface area contributed by atoms with Gasteiger partial charge in [-0.15, -0.1) is 11.3 Å². The smallest absolute Gasteiger partial charge is 0.309 e. The number of hydrogen-bond acceptors (Lipinski definition) is 2. The standard InChI is InChI=1S/C13H9BrCl2F3NS/c1-20-11(7-5-10(15)21-12(7)16)6-2-3-9(14)8(4-6)13(17,18)19/h2-5,11,20H,1H3. The predicted octanol–water partition coefficient (Wildman–Crippen LogP) is 6.15. The van der Waals surface area contributed by atoms with Gasteiger partial charge in [0.15, 0.2) is 0 Å². The van der Waals surface area contributed by atoms with E-state index in [1.807, 2.05) is 0 Å². The number of alkyl halides is 3. The molecule has 0 amide bonds. The second-order valence-corrected chi connectivity index (χ2v) is 7.38. The third kappa shape index (κ3) is 3.74. The Kier molecular flexibility index (Phi) is 5.26. The van der Waals surface area contributed by atoms with Crippen molar-refractivity contribution in [3.63, 3.8) is 0 Å². The largest absolute Gasteiger partial charge is 0.417 e. The van der Waals surface area contributed by atoms with Crippen LogP contribution in [0, 0.1) is 0 Å². The molecule has 0 saturated heterocycles. The summed E-state index contributed by atoms with van der Waals surface area (Å²) in [5.41, 5.74) is 0.395. The van der Waals surface area contributed by atoms with E-state index in [4.69, 9.17) is 23.2 Å². The molecule has 1 aromatic carbocycles. The van der Waals surface area contributed by atoms with E-state index in [0.717, 1.165) is 6.07 Å². The van der Waals surface area contributed by atoms with Gasteiger partial charge in [0.05, 0.1) is 20.3 Å². The summed E-state index contributed by atoms with van der Waals surface area (Å²) in [6.45, 7) is 0. The summed E-state index contributed by atoms with van der Waals surface area (Å²) in [5, 5.41) is 2.97. The van der Waals surface area contributed by atoms with Crippen LogP contribution >= 0.6 is 50.5 Å². The fourth-order valence-electron chi connectivity index (χ4n) is 1.99. The molecular weight excluding hydrogens is 410 g/mol.